The Morgan fingerprint density at radius 1 is 1.05 bits per heavy atom. The van der Waals surface area contributed by atoms with Crippen LogP contribution in [0.3, 0.4) is 0 Å². The van der Waals surface area contributed by atoms with Crippen LogP contribution in [-0.4, -0.2) is 20.1 Å². The molecular weight excluding hydrogens is 290 g/mol. The number of hydrogen-bond donors (Lipinski definition) is 1. The van der Waals surface area contributed by atoms with Gasteiger partial charge < -0.3 is 5.32 Å². The smallest absolute Gasteiger partial charge is 0.341 e. The number of anilines is 1. The van der Waals surface area contributed by atoms with E-state index in [1.807, 2.05) is 0 Å². The summed E-state index contributed by atoms with van der Waals surface area (Å²) >= 11 is 0. The van der Waals surface area contributed by atoms with Crippen molar-refractivity contribution in [2.75, 3.05) is 19.0 Å². The number of carbonyl (C=O) groups excluding carboxylic acids is 1. The fraction of sp³-hybridized carbons (Fsp3) is 0.364. The predicted molar refractivity (Wildman–Crippen MR) is 61.4 cm³/mol. The summed E-state index contributed by atoms with van der Waals surface area (Å²) in [6, 6.07) is 0.119. The van der Waals surface area contributed by atoms with Gasteiger partial charge in [-0.15, -0.1) is 0 Å². The molecule has 1 aromatic carbocycles. The third-order valence-corrected chi connectivity index (χ3v) is 2.48. The summed E-state index contributed by atoms with van der Waals surface area (Å²) in [4.78, 5) is 11.9. The Balaban J connectivity index is 0.00000400. The molecule has 0 aliphatic heterocycles. The van der Waals surface area contributed by atoms with Gasteiger partial charge >= 0.3 is 18.4 Å². The number of nitrogens with zero attached hydrogens (tertiary/aromatic N) is 1. The van der Waals surface area contributed by atoms with Crippen molar-refractivity contribution in [2.45, 2.75) is 12.4 Å². The van der Waals surface area contributed by atoms with Crippen LogP contribution in [0, 0.1) is 0 Å². The molecule has 0 aromatic heterocycles. The van der Waals surface area contributed by atoms with Gasteiger partial charge in [0.25, 0.3) is 0 Å². The molecule has 1 aromatic rings. The van der Waals surface area contributed by atoms with Gasteiger partial charge in [-0.2, -0.15) is 26.3 Å². The molecule has 114 valence electrons. The van der Waals surface area contributed by atoms with Crippen molar-refractivity contribution in [2.24, 2.45) is 0 Å². The second-order valence-corrected chi connectivity index (χ2v) is 3.88. The fourth-order valence-electron chi connectivity index (χ4n) is 1.42. The van der Waals surface area contributed by atoms with Crippen LogP contribution in [-0.2, 0) is 12.4 Å². The first kappa shape index (κ1) is 16.1. The summed E-state index contributed by atoms with van der Waals surface area (Å²) in [6.45, 7) is 0. The summed E-state index contributed by atoms with van der Waals surface area (Å²) in [5, 5.41) is 2.10. The van der Waals surface area contributed by atoms with E-state index in [1.165, 1.54) is 7.05 Å². The van der Waals surface area contributed by atoms with Crippen molar-refractivity contribution in [3.8, 4) is 0 Å². The third-order valence-electron chi connectivity index (χ3n) is 2.48. The monoisotopic (exact) mass is 302 g/mol. The second kappa shape index (κ2) is 5.22. The summed E-state index contributed by atoms with van der Waals surface area (Å²) in [5.74, 6) is 0. The van der Waals surface area contributed by atoms with Crippen LogP contribution >= 0.6 is 0 Å². The van der Waals surface area contributed by atoms with E-state index < -0.39 is 35.2 Å². The minimum absolute atomic E-state index is 0. The maximum Gasteiger partial charge on any atom is 0.416 e. The number of benzene rings is 1. The van der Waals surface area contributed by atoms with E-state index in [-0.39, 0.29) is 7.49 Å². The lowest BCUT2D eigenvalue weighted by Gasteiger charge is -2.20. The van der Waals surface area contributed by atoms with E-state index in [0.29, 0.717) is 17.0 Å². The Hall–Kier alpha value is -1.93. The molecule has 0 bridgehead atoms. The first-order valence-electron chi connectivity index (χ1n) is 5.21. The molecule has 9 heteroatoms. The SMILES string of the molecule is CNC(=O)N(C)c1cc(C(F)(F)F)cc(C(F)(F)F)c1.[HH]. The summed E-state index contributed by atoms with van der Waals surface area (Å²) < 4.78 is 75.6. The van der Waals surface area contributed by atoms with Crippen molar-refractivity contribution in [3.63, 3.8) is 0 Å². The lowest BCUT2D eigenvalue weighted by Crippen LogP contribution is -2.35. The van der Waals surface area contributed by atoms with Crippen LogP contribution < -0.4 is 10.2 Å². The lowest BCUT2D eigenvalue weighted by molar-refractivity contribution is -0.143. The fourth-order valence-corrected chi connectivity index (χ4v) is 1.42. The lowest BCUT2D eigenvalue weighted by atomic mass is 10.1. The molecule has 0 heterocycles. The van der Waals surface area contributed by atoms with E-state index in [1.54, 1.807) is 0 Å². The summed E-state index contributed by atoms with van der Waals surface area (Å²) in [5.41, 5.74) is -3.46. The molecule has 0 saturated carbocycles. The molecule has 0 saturated heterocycles. The highest BCUT2D eigenvalue weighted by atomic mass is 19.4. The van der Waals surface area contributed by atoms with Crippen LogP contribution in [0.15, 0.2) is 18.2 Å². The highest BCUT2D eigenvalue weighted by molar-refractivity contribution is 5.91. The van der Waals surface area contributed by atoms with Gasteiger partial charge in [0.1, 0.15) is 0 Å². The van der Waals surface area contributed by atoms with Gasteiger partial charge in [-0.05, 0) is 18.2 Å². The molecule has 0 atom stereocenters. The maximum absolute atomic E-state index is 12.6. The molecule has 0 spiro atoms. The van der Waals surface area contributed by atoms with Crippen molar-refractivity contribution in [3.05, 3.63) is 29.3 Å². The van der Waals surface area contributed by atoms with Gasteiger partial charge in [-0.3, -0.25) is 4.90 Å². The Labute approximate surface area is 111 Å². The molecule has 0 radical (unpaired) electrons. The van der Waals surface area contributed by atoms with Crippen molar-refractivity contribution < 1.29 is 32.6 Å². The van der Waals surface area contributed by atoms with Gasteiger partial charge in [0, 0.05) is 21.2 Å². The number of alkyl halides is 6. The average molecular weight is 302 g/mol. The molecule has 1 rings (SSSR count). The van der Waals surface area contributed by atoms with E-state index in [2.05, 4.69) is 5.32 Å². The highest BCUT2D eigenvalue weighted by Gasteiger charge is 2.37. The van der Waals surface area contributed by atoms with Gasteiger partial charge in [0.05, 0.1) is 11.1 Å². The predicted octanol–water partition coefficient (Wildman–Crippen LogP) is 3.75. The molecule has 0 aliphatic rings. The zero-order valence-corrected chi connectivity index (χ0v) is 10.4. The topological polar surface area (TPSA) is 32.3 Å². The Morgan fingerprint density at radius 3 is 1.75 bits per heavy atom. The number of halogens is 6. The number of nitrogens with one attached hydrogen (secondary N) is 1. The minimum atomic E-state index is -4.94. The number of urea groups is 1. The van der Waals surface area contributed by atoms with Gasteiger partial charge in [0.2, 0.25) is 0 Å². The Bertz CT molecular complexity index is 482. The number of carbonyl (C=O) groups is 1. The van der Waals surface area contributed by atoms with Crippen LogP contribution in [0.1, 0.15) is 12.6 Å². The summed E-state index contributed by atoms with van der Waals surface area (Å²) in [7, 11) is 2.27. The van der Waals surface area contributed by atoms with E-state index in [0.717, 1.165) is 7.05 Å². The molecule has 0 fully saturated rings. The molecule has 20 heavy (non-hydrogen) atoms. The second-order valence-electron chi connectivity index (χ2n) is 3.88. The van der Waals surface area contributed by atoms with Crippen LogP contribution in [0.5, 0.6) is 0 Å². The molecule has 0 aliphatic carbocycles. The van der Waals surface area contributed by atoms with Gasteiger partial charge in [-0.1, -0.05) is 0 Å². The zero-order chi connectivity index (χ0) is 15.7. The Kier molecular flexibility index (Phi) is 4.21. The van der Waals surface area contributed by atoms with Gasteiger partial charge in [-0.25, -0.2) is 4.79 Å². The van der Waals surface area contributed by atoms with E-state index >= 15 is 0 Å². The average Bonchev–Trinajstić information content (AvgIpc) is 2.34. The van der Waals surface area contributed by atoms with Crippen LogP contribution in [0.4, 0.5) is 36.8 Å². The molecule has 3 nitrogen and oxygen atoms in total. The number of rotatable bonds is 1. The number of amides is 2. The first-order chi connectivity index (χ1) is 8.96. The van der Waals surface area contributed by atoms with Crippen molar-refractivity contribution in [1.29, 1.82) is 0 Å². The van der Waals surface area contributed by atoms with Crippen molar-refractivity contribution in [1.82, 2.24) is 5.32 Å². The quantitative estimate of drug-likeness (QED) is 0.787. The largest absolute Gasteiger partial charge is 0.416 e. The minimum Gasteiger partial charge on any atom is -0.341 e. The van der Waals surface area contributed by atoms with E-state index in [9.17, 15) is 31.1 Å². The van der Waals surface area contributed by atoms with E-state index in [4.69, 9.17) is 0 Å². The normalized spacial score (nSPS) is 12.2. The highest BCUT2D eigenvalue weighted by Crippen LogP contribution is 2.38. The Morgan fingerprint density at radius 2 is 1.45 bits per heavy atom. The first-order valence-corrected chi connectivity index (χ1v) is 5.21. The standard InChI is InChI=1S/C11H10F6N2O.H2/c1-18-9(20)19(2)8-4-6(10(12,13)14)3-7(5-8)11(15,16)17;/h3-5H,1-2H3,(H,18,20);1H. The maximum atomic E-state index is 12.6. The van der Waals surface area contributed by atoms with Crippen LogP contribution in [0.2, 0.25) is 0 Å². The summed E-state index contributed by atoms with van der Waals surface area (Å²) in [6.07, 6.45) is -9.89. The molecule has 2 amide bonds. The molecule has 1 N–H and O–H groups in total. The van der Waals surface area contributed by atoms with Crippen molar-refractivity contribution >= 4 is 11.7 Å². The molecular formula is C11H12F6N2O. The van der Waals surface area contributed by atoms with Crippen LogP contribution in [0.25, 0.3) is 0 Å². The van der Waals surface area contributed by atoms with Gasteiger partial charge in [0.15, 0.2) is 0 Å². The zero-order valence-electron chi connectivity index (χ0n) is 10.4. The number of hydrogen-bond acceptors (Lipinski definition) is 1. The third kappa shape index (κ3) is 3.55. The molecule has 0 unspecified atom stereocenters.